The SMILES string of the molecule is c1ccc(-c2ccc(N(c3ccc(-c4ccccc4)cc3)c3ccc4c(c3)[Si]3(c5ccccc5Oc5ccccc53)c3ccccc3[Si]4(c3ccccc3)c3ccccc3)cc2)cc1. The van der Waals surface area contributed by atoms with E-state index >= 15 is 0 Å². The summed E-state index contributed by atoms with van der Waals surface area (Å²) in [6, 6.07) is 96.9. The fraction of sp³-hybridized carbons (Fsp3) is 0. The van der Waals surface area contributed by atoms with E-state index in [4.69, 9.17) is 4.74 Å². The van der Waals surface area contributed by atoms with Crippen molar-refractivity contribution >= 4 is 74.7 Å². The van der Waals surface area contributed by atoms with Gasteiger partial charge in [0, 0.05) is 17.1 Å². The van der Waals surface area contributed by atoms with Crippen LogP contribution in [0.3, 0.4) is 0 Å². The maximum Gasteiger partial charge on any atom is 0.188 e. The number of hydrogen-bond acceptors (Lipinski definition) is 2. The molecule has 0 radical (unpaired) electrons. The summed E-state index contributed by atoms with van der Waals surface area (Å²) in [5.41, 5.74) is 8.10. The number of rotatable bonds is 7. The maximum atomic E-state index is 6.90. The molecule has 0 saturated heterocycles. The van der Waals surface area contributed by atoms with Gasteiger partial charge in [0.25, 0.3) is 0 Å². The quantitative estimate of drug-likeness (QED) is 0.148. The number of para-hydroxylation sites is 2. The molecule has 0 aromatic heterocycles. The molecule has 2 heterocycles. The van der Waals surface area contributed by atoms with E-state index in [0.29, 0.717) is 0 Å². The van der Waals surface area contributed by atoms with Crippen LogP contribution in [0.4, 0.5) is 17.1 Å². The fourth-order valence-electron chi connectivity index (χ4n) is 10.8. The average Bonchev–Trinajstić information content (AvgIpc) is 3.38. The Hall–Kier alpha value is -7.77. The number of anilines is 3. The van der Waals surface area contributed by atoms with Gasteiger partial charge in [-0.1, -0.05) is 212 Å². The highest BCUT2D eigenvalue weighted by Crippen LogP contribution is 2.38. The second-order valence-corrected chi connectivity index (χ2v) is 24.1. The van der Waals surface area contributed by atoms with Crippen LogP contribution in [0.25, 0.3) is 22.3 Å². The first kappa shape index (κ1) is 38.0. The molecule has 4 heteroatoms. The zero-order valence-corrected chi connectivity index (χ0v) is 37.2. The number of benzene rings is 10. The van der Waals surface area contributed by atoms with Crippen LogP contribution in [0, 0.1) is 0 Å². The standard InChI is InChI=1S/C60H43NOSi2/c1-5-19-44(20-6-1)46-33-37-48(38-34-46)61(49-39-35-47(36-40-49)45-21-7-2-8-22-45)50-41-42-59-60(43-50)64(55-29-15-13-27-53(55)62-54-28-14-16-30-56(54)64)58-32-18-17-31-57(58)63(59,51-23-9-3-10-24-51)52-25-11-4-12-26-52/h1-43H. The molecule has 2 nitrogen and oxygen atoms in total. The molecule has 1 spiro atoms. The van der Waals surface area contributed by atoms with Gasteiger partial charge in [-0.15, -0.1) is 0 Å². The third-order valence-electron chi connectivity index (χ3n) is 13.5. The summed E-state index contributed by atoms with van der Waals surface area (Å²) in [6.07, 6.45) is 0. The third-order valence-corrected chi connectivity index (χ3v) is 23.8. The lowest BCUT2D eigenvalue weighted by Crippen LogP contribution is -2.93. The van der Waals surface area contributed by atoms with Gasteiger partial charge in [-0.2, -0.15) is 0 Å². The van der Waals surface area contributed by atoms with Gasteiger partial charge in [0.05, 0.1) is 0 Å². The Morgan fingerprint density at radius 3 is 1.06 bits per heavy atom. The molecule has 0 unspecified atom stereocenters. The minimum absolute atomic E-state index is 0.942. The summed E-state index contributed by atoms with van der Waals surface area (Å²) in [6.45, 7) is 0. The molecule has 0 bridgehead atoms. The van der Waals surface area contributed by atoms with Gasteiger partial charge in [-0.05, 0) is 112 Å². The van der Waals surface area contributed by atoms with Crippen molar-refractivity contribution in [2.24, 2.45) is 0 Å². The number of fused-ring (bicyclic) bond motifs is 8. The van der Waals surface area contributed by atoms with Crippen molar-refractivity contribution in [3.8, 4) is 33.8 Å². The van der Waals surface area contributed by atoms with Crippen molar-refractivity contribution in [3.63, 3.8) is 0 Å². The first-order valence-corrected chi connectivity index (χ1v) is 26.1. The topological polar surface area (TPSA) is 12.5 Å². The summed E-state index contributed by atoms with van der Waals surface area (Å²) < 4.78 is 6.90. The van der Waals surface area contributed by atoms with Gasteiger partial charge in [-0.25, -0.2) is 0 Å². The zero-order chi connectivity index (χ0) is 42.5. The van der Waals surface area contributed by atoms with Crippen LogP contribution in [0.1, 0.15) is 0 Å². The van der Waals surface area contributed by atoms with Crippen LogP contribution in [0.5, 0.6) is 11.5 Å². The molecule has 0 atom stereocenters. The smallest absolute Gasteiger partial charge is 0.188 e. The van der Waals surface area contributed by atoms with Crippen molar-refractivity contribution < 1.29 is 4.74 Å². The van der Waals surface area contributed by atoms with Crippen molar-refractivity contribution in [1.29, 1.82) is 0 Å². The third kappa shape index (κ3) is 5.84. The highest BCUT2D eigenvalue weighted by molar-refractivity contribution is 7.33. The van der Waals surface area contributed by atoms with Crippen LogP contribution in [0.15, 0.2) is 261 Å². The Balaban J connectivity index is 1.18. The van der Waals surface area contributed by atoms with E-state index in [9.17, 15) is 0 Å². The minimum atomic E-state index is -3.11. The molecule has 0 fully saturated rings. The highest BCUT2D eigenvalue weighted by Gasteiger charge is 2.59. The molecule has 64 heavy (non-hydrogen) atoms. The van der Waals surface area contributed by atoms with E-state index in [1.807, 2.05) is 0 Å². The first-order chi connectivity index (χ1) is 31.7. The minimum Gasteiger partial charge on any atom is -0.458 e. The second kappa shape index (κ2) is 15.5. The van der Waals surface area contributed by atoms with Gasteiger partial charge in [0.1, 0.15) is 11.5 Å². The molecule has 10 aromatic rings. The Morgan fingerprint density at radius 2 is 0.594 bits per heavy atom. The Morgan fingerprint density at radius 1 is 0.250 bits per heavy atom. The van der Waals surface area contributed by atoms with Crippen molar-refractivity contribution in [2.75, 3.05) is 4.90 Å². The van der Waals surface area contributed by atoms with Crippen molar-refractivity contribution in [2.45, 2.75) is 0 Å². The molecule has 2 aliphatic rings. The lowest BCUT2D eigenvalue weighted by atomic mass is 10.0. The molecule has 302 valence electrons. The second-order valence-electron chi connectivity index (χ2n) is 16.8. The normalized spacial score (nSPS) is 13.7. The molecule has 0 saturated carbocycles. The van der Waals surface area contributed by atoms with Crippen molar-refractivity contribution in [3.05, 3.63) is 261 Å². The maximum absolute atomic E-state index is 6.90. The van der Waals surface area contributed by atoms with Gasteiger partial charge < -0.3 is 9.64 Å². The molecule has 12 rings (SSSR count). The molecular formula is C60H43NOSi2. The summed E-state index contributed by atoms with van der Waals surface area (Å²) in [5, 5.41) is 11.1. The van der Waals surface area contributed by atoms with E-state index in [2.05, 4.69) is 266 Å². The molecule has 0 N–H and O–H groups in total. The number of ether oxygens (including phenoxy) is 1. The first-order valence-electron chi connectivity index (χ1n) is 22.1. The monoisotopic (exact) mass is 849 g/mol. The van der Waals surface area contributed by atoms with E-state index in [1.54, 1.807) is 0 Å². The molecule has 2 aliphatic heterocycles. The summed E-state index contributed by atoms with van der Waals surface area (Å²) in [5.74, 6) is 1.88. The van der Waals surface area contributed by atoms with Gasteiger partial charge in [0.2, 0.25) is 0 Å². The predicted molar refractivity (Wildman–Crippen MR) is 273 cm³/mol. The van der Waals surface area contributed by atoms with Crippen LogP contribution in [-0.2, 0) is 0 Å². The van der Waals surface area contributed by atoms with Gasteiger partial charge >= 0.3 is 0 Å². The molecular weight excluding hydrogens is 807 g/mol. The highest BCUT2D eigenvalue weighted by atomic mass is 28.3. The predicted octanol–water partition coefficient (Wildman–Crippen LogP) is 9.66. The Kier molecular flexibility index (Phi) is 9.22. The fourth-order valence-corrected chi connectivity index (χ4v) is 23.1. The van der Waals surface area contributed by atoms with Gasteiger partial charge in [-0.3, -0.25) is 0 Å². The molecule has 10 aromatic carbocycles. The van der Waals surface area contributed by atoms with E-state index in [0.717, 1.165) is 28.6 Å². The Bertz CT molecular complexity index is 3120. The number of nitrogens with zero attached hydrogens (tertiary/aromatic N) is 1. The average molecular weight is 850 g/mol. The van der Waals surface area contributed by atoms with E-state index in [-0.39, 0.29) is 0 Å². The number of hydrogen-bond donors (Lipinski definition) is 0. The molecule has 0 aliphatic carbocycles. The Labute approximate surface area is 377 Å². The van der Waals surface area contributed by atoms with Crippen LogP contribution < -0.4 is 51.1 Å². The van der Waals surface area contributed by atoms with Gasteiger partial charge in [0.15, 0.2) is 16.1 Å². The zero-order valence-electron chi connectivity index (χ0n) is 35.2. The van der Waals surface area contributed by atoms with Crippen molar-refractivity contribution in [1.82, 2.24) is 0 Å². The summed E-state index contributed by atoms with van der Waals surface area (Å²) in [7, 11) is -6.07. The lowest BCUT2D eigenvalue weighted by molar-refractivity contribution is 0.487. The van der Waals surface area contributed by atoms with E-state index < -0.39 is 16.1 Å². The summed E-state index contributed by atoms with van der Waals surface area (Å²) in [4.78, 5) is 2.46. The molecule has 0 amide bonds. The largest absolute Gasteiger partial charge is 0.458 e. The summed E-state index contributed by atoms with van der Waals surface area (Å²) >= 11 is 0. The van der Waals surface area contributed by atoms with Crippen LogP contribution >= 0.6 is 0 Å². The van der Waals surface area contributed by atoms with E-state index in [1.165, 1.54) is 63.7 Å². The van der Waals surface area contributed by atoms with Crippen LogP contribution in [-0.4, -0.2) is 16.1 Å². The van der Waals surface area contributed by atoms with Crippen LogP contribution in [0.2, 0.25) is 0 Å². The lowest BCUT2D eigenvalue weighted by Gasteiger charge is -2.50.